The highest BCUT2D eigenvalue weighted by molar-refractivity contribution is 7.98. The van der Waals surface area contributed by atoms with Crippen LogP contribution in [0, 0.1) is 11.3 Å². The van der Waals surface area contributed by atoms with Gasteiger partial charge >= 0.3 is 0 Å². The Hall–Kier alpha value is -3.62. The van der Waals surface area contributed by atoms with Crippen molar-refractivity contribution in [2.24, 2.45) is 0 Å². The van der Waals surface area contributed by atoms with E-state index in [1.54, 1.807) is 0 Å². The van der Waals surface area contributed by atoms with Crippen molar-refractivity contribution in [3.05, 3.63) is 116 Å². The predicted molar refractivity (Wildman–Crippen MR) is 122 cm³/mol. The fourth-order valence-corrected chi connectivity index (χ4v) is 5.55. The van der Waals surface area contributed by atoms with Gasteiger partial charge in [-0.25, -0.2) is 4.98 Å². The van der Waals surface area contributed by atoms with Crippen LogP contribution in [0.25, 0.3) is 11.3 Å². The van der Waals surface area contributed by atoms with Crippen LogP contribution in [-0.4, -0.2) is 16.2 Å². The molecular weight excluding hydrogens is 402 g/mol. The van der Waals surface area contributed by atoms with Gasteiger partial charge in [-0.15, -0.1) is 0 Å². The van der Waals surface area contributed by atoms with Gasteiger partial charge < -0.3 is 4.98 Å². The Labute approximate surface area is 183 Å². The van der Waals surface area contributed by atoms with E-state index < -0.39 is 5.56 Å². The zero-order valence-electron chi connectivity index (χ0n) is 16.7. The van der Waals surface area contributed by atoms with Gasteiger partial charge in [-0.05, 0) is 45.7 Å². The average Bonchev–Trinajstić information content (AvgIpc) is 2.82. The molecule has 0 atom stereocenters. The maximum atomic E-state index is 12.4. The molecule has 3 aromatic carbocycles. The molecular formula is C26H17N3OS. The second kappa shape index (κ2) is 6.69. The van der Waals surface area contributed by atoms with E-state index in [9.17, 15) is 10.1 Å². The second-order valence-electron chi connectivity index (χ2n) is 7.88. The molecule has 0 unspecified atom stereocenters. The highest BCUT2D eigenvalue weighted by Gasteiger charge is 2.41. The highest BCUT2D eigenvalue weighted by atomic mass is 32.2. The van der Waals surface area contributed by atoms with Crippen LogP contribution in [0.1, 0.15) is 50.8 Å². The van der Waals surface area contributed by atoms with Gasteiger partial charge in [-0.3, -0.25) is 4.79 Å². The molecule has 0 fully saturated rings. The summed E-state index contributed by atoms with van der Waals surface area (Å²) in [7, 11) is 0. The van der Waals surface area contributed by atoms with Crippen molar-refractivity contribution >= 4 is 11.8 Å². The minimum Gasteiger partial charge on any atom is -0.300 e. The maximum absolute atomic E-state index is 12.4. The normalized spacial score (nSPS) is 17.4. The van der Waals surface area contributed by atoms with Crippen LogP contribution in [0.5, 0.6) is 0 Å². The first-order valence-electron chi connectivity index (χ1n) is 10.1. The van der Waals surface area contributed by atoms with E-state index in [1.165, 1.54) is 45.1 Å². The lowest BCUT2D eigenvalue weighted by molar-refractivity contribution is 0.754. The van der Waals surface area contributed by atoms with Crippen molar-refractivity contribution in [3.8, 4) is 17.3 Å². The molecule has 4 aromatic rings. The summed E-state index contributed by atoms with van der Waals surface area (Å²) in [5.74, 6) is 0.339. The molecule has 3 aliphatic rings. The molecule has 3 aliphatic carbocycles. The van der Waals surface area contributed by atoms with Gasteiger partial charge in [-0.1, -0.05) is 72.4 Å². The molecule has 0 aliphatic heterocycles. The third-order valence-electron chi connectivity index (χ3n) is 6.42. The molecule has 0 amide bonds. The Balaban J connectivity index is 1.61. The molecule has 148 valence electrons. The van der Waals surface area contributed by atoms with Crippen LogP contribution in [0.4, 0.5) is 0 Å². The van der Waals surface area contributed by atoms with Crippen molar-refractivity contribution < 1.29 is 0 Å². The number of H-pyrrole nitrogens is 1. The first-order chi connectivity index (χ1) is 15.2. The molecule has 5 heteroatoms. The second-order valence-corrected chi connectivity index (χ2v) is 8.67. The van der Waals surface area contributed by atoms with Gasteiger partial charge in [0.2, 0.25) is 0 Å². The van der Waals surface area contributed by atoms with Gasteiger partial charge in [0.1, 0.15) is 11.6 Å². The Morgan fingerprint density at radius 1 is 0.871 bits per heavy atom. The Kier molecular flexibility index (Phi) is 3.92. The summed E-state index contributed by atoms with van der Waals surface area (Å²) in [6, 6.07) is 25.6. The number of aromatic amines is 1. The lowest BCUT2D eigenvalue weighted by Gasteiger charge is -2.42. The third-order valence-corrected chi connectivity index (χ3v) is 7.00. The smallest absolute Gasteiger partial charge is 0.270 e. The molecule has 2 bridgehead atoms. The molecule has 0 saturated carbocycles. The van der Waals surface area contributed by atoms with E-state index in [2.05, 4.69) is 70.6 Å². The molecule has 1 N–H and O–H groups in total. The van der Waals surface area contributed by atoms with Gasteiger partial charge in [0.15, 0.2) is 5.16 Å². The minimum absolute atomic E-state index is 0.0551. The number of nitriles is 1. The Morgan fingerprint density at radius 3 is 1.97 bits per heavy atom. The lowest BCUT2D eigenvalue weighted by atomic mass is 9.61. The third kappa shape index (κ3) is 2.49. The topological polar surface area (TPSA) is 69.5 Å². The number of thioether (sulfide) groups is 1. The summed E-state index contributed by atoms with van der Waals surface area (Å²) in [5, 5.41) is 10.1. The zero-order valence-corrected chi connectivity index (χ0v) is 17.5. The Bertz CT molecular complexity index is 1430. The van der Waals surface area contributed by atoms with Crippen molar-refractivity contribution in [3.63, 3.8) is 0 Å². The van der Waals surface area contributed by atoms with Crippen molar-refractivity contribution in [2.45, 2.75) is 17.0 Å². The van der Waals surface area contributed by atoms with Crippen LogP contribution < -0.4 is 5.56 Å². The van der Waals surface area contributed by atoms with Gasteiger partial charge in [0, 0.05) is 17.4 Å². The van der Waals surface area contributed by atoms with Crippen LogP contribution >= 0.6 is 11.8 Å². The van der Waals surface area contributed by atoms with Crippen LogP contribution in [-0.2, 0) is 0 Å². The van der Waals surface area contributed by atoms with E-state index >= 15 is 0 Å². The number of hydrogen-bond donors (Lipinski definition) is 1. The molecule has 1 aromatic heterocycles. The maximum Gasteiger partial charge on any atom is 0.270 e. The van der Waals surface area contributed by atoms with E-state index in [4.69, 9.17) is 0 Å². The number of hydrogen-bond acceptors (Lipinski definition) is 4. The fourth-order valence-electron chi connectivity index (χ4n) is 5.18. The minimum atomic E-state index is -0.396. The molecule has 1 heterocycles. The quantitative estimate of drug-likeness (QED) is 0.316. The fraction of sp³-hybridized carbons (Fsp3) is 0.115. The number of benzene rings is 3. The average molecular weight is 420 g/mol. The number of aromatic nitrogens is 2. The number of rotatable bonds is 2. The van der Waals surface area contributed by atoms with Crippen LogP contribution in [0.2, 0.25) is 0 Å². The van der Waals surface area contributed by atoms with E-state index in [1.807, 2.05) is 18.4 Å². The number of nitrogens with zero attached hydrogens (tertiary/aromatic N) is 2. The monoisotopic (exact) mass is 419 g/mol. The van der Waals surface area contributed by atoms with Gasteiger partial charge in [0.25, 0.3) is 5.56 Å². The molecule has 7 rings (SSSR count). The summed E-state index contributed by atoms with van der Waals surface area (Å²) in [5.41, 5.74) is 8.83. The van der Waals surface area contributed by atoms with Gasteiger partial charge in [0.05, 0.1) is 5.69 Å². The SMILES string of the molecule is CSc1nc(-c2ccc3c(c2)C2c4ccccc4C3c3ccccc32)c(C#N)c(=O)[nH]1. The molecule has 0 radical (unpaired) electrons. The molecule has 0 saturated heterocycles. The van der Waals surface area contributed by atoms with E-state index in [0.717, 1.165) is 5.56 Å². The summed E-state index contributed by atoms with van der Waals surface area (Å²) in [4.78, 5) is 19.7. The lowest BCUT2D eigenvalue weighted by Crippen LogP contribution is -2.27. The first kappa shape index (κ1) is 18.2. The number of nitrogens with one attached hydrogen (secondary N) is 1. The molecule has 0 spiro atoms. The first-order valence-corrected chi connectivity index (χ1v) is 11.3. The van der Waals surface area contributed by atoms with E-state index in [-0.39, 0.29) is 17.4 Å². The predicted octanol–water partition coefficient (Wildman–Crippen LogP) is 5.02. The molecule has 31 heavy (non-hydrogen) atoms. The van der Waals surface area contributed by atoms with Crippen molar-refractivity contribution in [2.75, 3.05) is 6.26 Å². The largest absolute Gasteiger partial charge is 0.300 e. The van der Waals surface area contributed by atoms with Crippen LogP contribution in [0.3, 0.4) is 0 Å². The van der Waals surface area contributed by atoms with Crippen LogP contribution in [0.15, 0.2) is 76.7 Å². The summed E-state index contributed by atoms with van der Waals surface area (Å²) in [6.07, 6.45) is 1.85. The zero-order chi connectivity index (χ0) is 21.1. The summed E-state index contributed by atoms with van der Waals surface area (Å²) in [6.45, 7) is 0. The Morgan fingerprint density at radius 2 is 1.42 bits per heavy atom. The van der Waals surface area contributed by atoms with Gasteiger partial charge in [-0.2, -0.15) is 5.26 Å². The molecule has 4 nitrogen and oxygen atoms in total. The summed E-state index contributed by atoms with van der Waals surface area (Å²) < 4.78 is 0. The summed E-state index contributed by atoms with van der Waals surface area (Å²) >= 11 is 1.36. The van der Waals surface area contributed by atoms with Crippen molar-refractivity contribution in [1.29, 1.82) is 5.26 Å². The van der Waals surface area contributed by atoms with E-state index in [0.29, 0.717) is 10.9 Å². The highest BCUT2D eigenvalue weighted by Crippen LogP contribution is 2.55. The van der Waals surface area contributed by atoms with Crippen molar-refractivity contribution in [1.82, 2.24) is 9.97 Å². The standard InChI is InChI=1S/C26H17N3OS/c1-31-26-28-24(21(13-27)25(30)29-26)14-10-11-19-20(12-14)23-17-8-4-2-6-15(17)22(19)16-7-3-5-9-18(16)23/h2-12,22-23H,1H3,(H,28,29,30).